The van der Waals surface area contributed by atoms with Crippen molar-refractivity contribution in [1.82, 2.24) is 0 Å². The number of amides is 1. The van der Waals surface area contributed by atoms with Crippen LogP contribution in [0.1, 0.15) is 24.8 Å². The maximum absolute atomic E-state index is 13.2. The first-order valence-corrected chi connectivity index (χ1v) is 6.38. The molecular formula is C14H19FN2O. The summed E-state index contributed by atoms with van der Waals surface area (Å²) in [5.41, 5.74) is 6.99. The molecule has 2 rings (SSSR count). The summed E-state index contributed by atoms with van der Waals surface area (Å²) in [5, 5.41) is 2.80. The van der Waals surface area contributed by atoms with Crippen LogP contribution in [0.2, 0.25) is 0 Å². The quantitative estimate of drug-likeness (QED) is 0.865. The summed E-state index contributed by atoms with van der Waals surface area (Å²) in [7, 11) is 0. The van der Waals surface area contributed by atoms with Gasteiger partial charge in [0.25, 0.3) is 0 Å². The van der Waals surface area contributed by atoms with Gasteiger partial charge in [0.2, 0.25) is 5.91 Å². The molecule has 0 heterocycles. The third kappa shape index (κ3) is 2.88. The largest absolute Gasteiger partial charge is 0.330 e. The molecule has 0 aliphatic heterocycles. The Bertz CT molecular complexity index is 427. The lowest BCUT2D eigenvalue weighted by Crippen LogP contribution is -2.29. The predicted octanol–water partition coefficient (Wildman–Crippen LogP) is 2.45. The Morgan fingerprint density at radius 2 is 2.22 bits per heavy atom. The Kier molecular flexibility index (Phi) is 3.97. The fourth-order valence-corrected chi connectivity index (χ4v) is 2.71. The molecule has 0 spiro atoms. The normalized spacial score (nSPS) is 23.1. The average molecular weight is 250 g/mol. The van der Waals surface area contributed by atoms with Crippen LogP contribution in [-0.4, -0.2) is 12.5 Å². The lowest BCUT2D eigenvalue weighted by molar-refractivity contribution is -0.120. The lowest BCUT2D eigenvalue weighted by Gasteiger charge is -2.17. The molecule has 2 unspecified atom stereocenters. The van der Waals surface area contributed by atoms with Gasteiger partial charge in [-0.15, -0.1) is 0 Å². The van der Waals surface area contributed by atoms with Gasteiger partial charge in [0.05, 0.1) is 0 Å². The number of benzene rings is 1. The minimum absolute atomic E-state index is 0.0291. The Balaban J connectivity index is 2.06. The molecule has 4 heteroatoms. The van der Waals surface area contributed by atoms with E-state index in [-0.39, 0.29) is 23.6 Å². The van der Waals surface area contributed by atoms with E-state index in [9.17, 15) is 9.18 Å². The molecule has 2 atom stereocenters. The Labute approximate surface area is 107 Å². The summed E-state index contributed by atoms with van der Waals surface area (Å²) in [5.74, 6) is -0.127. The van der Waals surface area contributed by atoms with Crippen molar-refractivity contribution in [3.05, 3.63) is 29.6 Å². The summed E-state index contributed by atoms with van der Waals surface area (Å²) in [6.45, 7) is 2.34. The predicted molar refractivity (Wildman–Crippen MR) is 69.7 cm³/mol. The number of nitrogens with two attached hydrogens (primary N) is 1. The van der Waals surface area contributed by atoms with E-state index < -0.39 is 0 Å². The molecule has 1 aliphatic rings. The first-order chi connectivity index (χ1) is 8.60. The highest BCUT2D eigenvalue weighted by Crippen LogP contribution is 2.31. The van der Waals surface area contributed by atoms with Crippen LogP contribution in [0.25, 0.3) is 0 Å². The van der Waals surface area contributed by atoms with E-state index in [4.69, 9.17) is 5.73 Å². The van der Waals surface area contributed by atoms with E-state index in [0.29, 0.717) is 12.2 Å². The molecule has 1 saturated carbocycles. The second-order valence-corrected chi connectivity index (χ2v) is 5.04. The fraction of sp³-hybridized carbons (Fsp3) is 0.500. The minimum atomic E-state index is -0.327. The summed E-state index contributed by atoms with van der Waals surface area (Å²) < 4.78 is 13.2. The van der Waals surface area contributed by atoms with Crippen molar-refractivity contribution in [2.45, 2.75) is 26.2 Å². The number of carbonyl (C=O) groups excluding carboxylic acids is 1. The standard InChI is InChI=1S/C14H19FN2O/c1-9-5-11(15)7-12(6-9)17-14(18)13-4-2-3-10(13)8-16/h5-7,10,13H,2-4,8,16H2,1H3,(H,17,18). The highest BCUT2D eigenvalue weighted by atomic mass is 19.1. The van der Waals surface area contributed by atoms with Crippen LogP contribution < -0.4 is 11.1 Å². The molecule has 3 N–H and O–H groups in total. The number of hydrogen-bond donors (Lipinski definition) is 2. The number of aryl methyl sites for hydroxylation is 1. The van der Waals surface area contributed by atoms with Gasteiger partial charge in [-0.2, -0.15) is 0 Å². The second kappa shape index (κ2) is 5.48. The first-order valence-electron chi connectivity index (χ1n) is 6.38. The fourth-order valence-electron chi connectivity index (χ4n) is 2.71. The highest BCUT2D eigenvalue weighted by molar-refractivity contribution is 5.93. The number of nitrogens with one attached hydrogen (secondary N) is 1. The van der Waals surface area contributed by atoms with Crippen molar-refractivity contribution in [3.8, 4) is 0 Å². The van der Waals surface area contributed by atoms with Crippen LogP contribution in [0.5, 0.6) is 0 Å². The zero-order chi connectivity index (χ0) is 13.1. The number of rotatable bonds is 3. The molecule has 98 valence electrons. The van der Waals surface area contributed by atoms with E-state index in [2.05, 4.69) is 5.32 Å². The van der Waals surface area contributed by atoms with Gasteiger partial charge in [-0.3, -0.25) is 4.79 Å². The monoisotopic (exact) mass is 250 g/mol. The minimum Gasteiger partial charge on any atom is -0.330 e. The van der Waals surface area contributed by atoms with Gasteiger partial charge in [0, 0.05) is 11.6 Å². The van der Waals surface area contributed by atoms with Crippen LogP contribution in [0, 0.1) is 24.6 Å². The van der Waals surface area contributed by atoms with Crippen molar-refractivity contribution >= 4 is 11.6 Å². The van der Waals surface area contributed by atoms with Gasteiger partial charge >= 0.3 is 0 Å². The van der Waals surface area contributed by atoms with Gasteiger partial charge in [-0.05, 0) is 56.0 Å². The van der Waals surface area contributed by atoms with Crippen molar-refractivity contribution in [3.63, 3.8) is 0 Å². The average Bonchev–Trinajstić information content (AvgIpc) is 2.75. The molecule has 0 saturated heterocycles. The van der Waals surface area contributed by atoms with Gasteiger partial charge in [0.1, 0.15) is 5.82 Å². The number of halogens is 1. The molecular weight excluding hydrogens is 231 g/mol. The summed E-state index contributed by atoms with van der Waals surface area (Å²) in [4.78, 5) is 12.1. The zero-order valence-corrected chi connectivity index (χ0v) is 10.6. The van der Waals surface area contributed by atoms with Crippen molar-refractivity contribution in [2.75, 3.05) is 11.9 Å². The molecule has 1 fully saturated rings. The molecule has 1 amide bonds. The van der Waals surface area contributed by atoms with Gasteiger partial charge in [-0.25, -0.2) is 4.39 Å². The Hall–Kier alpha value is -1.42. The van der Waals surface area contributed by atoms with Crippen LogP contribution >= 0.6 is 0 Å². The van der Waals surface area contributed by atoms with Crippen LogP contribution in [0.4, 0.5) is 10.1 Å². The topological polar surface area (TPSA) is 55.1 Å². The van der Waals surface area contributed by atoms with Crippen LogP contribution in [0.15, 0.2) is 18.2 Å². The van der Waals surface area contributed by atoms with Gasteiger partial charge in [-0.1, -0.05) is 6.42 Å². The molecule has 3 nitrogen and oxygen atoms in total. The maximum atomic E-state index is 13.2. The molecule has 0 bridgehead atoms. The molecule has 0 aromatic heterocycles. The van der Waals surface area contributed by atoms with Gasteiger partial charge in [0.15, 0.2) is 0 Å². The van der Waals surface area contributed by atoms with Gasteiger partial charge < -0.3 is 11.1 Å². The molecule has 0 radical (unpaired) electrons. The third-order valence-corrected chi connectivity index (χ3v) is 3.61. The van der Waals surface area contributed by atoms with Crippen molar-refractivity contribution < 1.29 is 9.18 Å². The van der Waals surface area contributed by atoms with E-state index in [1.807, 2.05) is 0 Å². The summed E-state index contributed by atoms with van der Waals surface area (Å²) in [6.07, 6.45) is 2.93. The zero-order valence-electron chi connectivity index (χ0n) is 10.6. The Morgan fingerprint density at radius 1 is 1.44 bits per heavy atom. The number of hydrogen-bond acceptors (Lipinski definition) is 2. The van der Waals surface area contributed by atoms with E-state index in [1.54, 1.807) is 13.0 Å². The van der Waals surface area contributed by atoms with E-state index in [0.717, 1.165) is 24.8 Å². The molecule has 1 aromatic rings. The highest BCUT2D eigenvalue weighted by Gasteiger charge is 2.31. The molecule has 1 aliphatic carbocycles. The SMILES string of the molecule is Cc1cc(F)cc(NC(=O)C2CCCC2CN)c1. The molecule has 1 aromatic carbocycles. The van der Waals surface area contributed by atoms with E-state index >= 15 is 0 Å². The molecule has 18 heavy (non-hydrogen) atoms. The van der Waals surface area contributed by atoms with Crippen molar-refractivity contribution in [1.29, 1.82) is 0 Å². The third-order valence-electron chi connectivity index (χ3n) is 3.61. The Morgan fingerprint density at radius 3 is 2.89 bits per heavy atom. The van der Waals surface area contributed by atoms with E-state index in [1.165, 1.54) is 12.1 Å². The number of anilines is 1. The summed E-state index contributed by atoms with van der Waals surface area (Å²) in [6, 6.07) is 4.55. The van der Waals surface area contributed by atoms with Crippen LogP contribution in [-0.2, 0) is 4.79 Å². The second-order valence-electron chi connectivity index (χ2n) is 5.04. The maximum Gasteiger partial charge on any atom is 0.227 e. The first kappa shape index (κ1) is 13.0. The summed E-state index contributed by atoms with van der Waals surface area (Å²) >= 11 is 0. The number of carbonyl (C=O) groups is 1. The van der Waals surface area contributed by atoms with Crippen LogP contribution in [0.3, 0.4) is 0 Å². The van der Waals surface area contributed by atoms with Crippen molar-refractivity contribution in [2.24, 2.45) is 17.6 Å². The smallest absolute Gasteiger partial charge is 0.227 e. The lowest BCUT2D eigenvalue weighted by atomic mass is 9.95.